The Morgan fingerprint density at radius 1 is 1.12 bits per heavy atom. The number of rotatable bonds is 6. The van der Waals surface area contributed by atoms with Gasteiger partial charge in [0.2, 0.25) is 0 Å². The molecule has 0 unspecified atom stereocenters. The van der Waals surface area contributed by atoms with Gasteiger partial charge in [0.05, 0.1) is 23.3 Å². The predicted octanol–water partition coefficient (Wildman–Crippen LogP) is 3.32. The van der Waals surface area contributed by atoms with Crippen LogP contribution in [0.3, 0.4) is 0 Å². The maximum Gasteiger partial charge on any atom is 0.181 e. The lowest BCUT2D eigenvalue weighted by molar-refractivity contribution is 0.340. The summed E-state index contributed by atoms with van der Waals surface area (Å²) in [7, 11) is 0. The summed E-state index contributed by atoms with van der Waals surface area (Å²) in [6.07, 6.45) is 2.04. The molecule has 0 saturated carbocycles. The van der Waals surface area contributed by atoms with Gasteiger partial charge in [0, 0.05) is 24.8 Å². The topological polar surface area (TPSA) is 77.5 Å². The Labute approximate surface area is 151 Å². The molecule has 0 saturated heterocycles. The first-order valence-corrected chi connectivity index (χ1v) is 8.75. The molecular formula is C20H21N5O. The lowest BCUT2D eigenvalue weighted by atomic mass is 10.1. The average Bonchev–Trinajstić information content (AvgIpc) is 3.12. The average molecular weight is 347 g/mol. The summed E-state index contributed by atoms with van der Waals surface area (Å²) in [5.74, 6) is 1.58. The third-order valence-corrected chi connectivity index (χ3v) is 4.17. The van der Waals surface area contributed by atoms with Crippen molar-refractivity contribution in [3.63, 3.8) is 0 Å². The predicted molar refractivity (Wildman–Crippen MR) is 105 cm³/mol. The summed E-state index contributed by atoms with van der Waals surface area (Å²) < 4.78 is 7.69. The van der Waals surface area contributed by atoms with Gasteiger partial charge in [-0.05, 0) is 31.2 Å². The molecule has 3 N–H and O–H groups in total. The van der Waals surface area contributed by atoms with Crippen molar-refractivity contribution in [1.29, 1.82) is 0 Å². The van der Waals surface area contributed by atoms with E-state index in [4.69, 9.17) is 20.4 Å². The van der Waals surface area contributed by atoms with Crippen LogP contribution in [0, 0.1) is 0 Å². The van der Waals surface area contributed by atoms with Gasteiger partial charge in [-0.1, -0.05) is 24.3 Å². The molecule has 4 aromatic rings. The van der Waals surface area contributed by atoms with E-state index in [9.17, 15) is 0 Å². The molecule has 2 aromatic carbocycles. The van der Waals surface area contributed by atoms with Crippen LogP contribution in [0.4, 0.5) is 5.82 Å². The van der Waals surface area contributed by atoms with E-state index in [2.05, 4.69) is 9.72 Å². The second kappa shape index (κ2) is 7.01. The molecule has 2 heterocycles. The number of hydrogen-bond acceptors (Lipinski definition) is 5. The van der Waals surface area contributed by atoms with Crippen LogP contribution in [0.15, 0.2) is 54.7 Å². The molecule has 0 aliphatic rings. The Kier molecular flexibility index (Phi) is 4.41. The molecule has 0 radical (unpaired) electrons. The van der Waals surface area contributed by atoms with Gasteiger partial charge >= 0.3 is 0 Å². The second-order valence-electron chi connectivity index (χ2n) is 5.95. The summed E-state index contributed by atoms with van der Waals surface area (Å²) >= 11 is 0. The van der Waals surface area contributed by atoms with Crippen LogP contribution in [0.1, 0.15) is 6.92 Å². The first-order valence-electron chi connectivity index (χ1n) is 8.75. The van der Waals surface area contributed by atoms with Crippen molar-refractivity contribution in [3.8, 4) is 17.0 Å². The Morgan fingerprint density at radius 3 is 2.85 bits per heavy atom. The van der Waals surface area contributed by atoms with Gasteiger partial charge in [0.25, 0.3) is 0 Å². The van der Waals surface area contributed by atoms with E-state index in [0.717, 1.165) is 39.5 Å². The molecule has 0 fully saturated rings. The summed E-state index contributed by atoms with van der Waals surface area (Å²) in [6, 6.07) is 16.0. The standard InChI is InChI=1S/C20H21N5O/c1-2-26-15-7-5-6-14(12-15)17-13-25-18-9-4-3-8-16(18)23-19(20(25)24-17)22-11-10-21/h3-9,12-13H,2,10-11,21H2,1H3,(H,22,23). The Bertz CT molecular complexity index is 1060. The number of nitrogens with two attached hydrogens (primary N) is 1. The summed E-state index contributed by atoms with van der Waals surface area (Å²) in [4.78, 5) is 9.55. The van der Waals surface area contributed by atoms with Crippen LogP contribution in [-0.2, 0) is 0 Å². The SMILES string of the molecule is CCOc1cccc(-c2cn3c(n2)c(NCCN)nc2ccccc23)c1. The third-order valence-electron chi connectivity index (χ3n) is 4.17. The lowest BCUT2D eigenvalue weighted by Crippen LogP contribution is -2.14. The van der Waals surface area contributed by atoms with E-state index in [1.807, 2.05) is 61.7 Å². The maximum atomic E-state index is 5.64. The van der Waals surface area contributed by atoms with E-state index >= 15 is 0 Å². The molecule has 4 rings (SSSR count). The number of nitrogens with zero attached hydrogens (tertiary/aromatic N) is 3. The summed E-state index contributed by atoms with van der Waals surface area (Å²) in [5.41, 5.74) is 10.2. The number of fused-ring (bicyclic) bond motifs is 3. The minimum Gasteiger partial charge on any atom is -0.494 e. The van der Waals surface area contributed by atoms with Crippen LogP contribution < -0.4 is 15.8 Å². The van der Waals surface area contributed by atoms with E-state index in [1.54, 1.807) is 0 Å². The first kappa shape index (κ1) is 16.4. The highest BCUT2D eigenvalue weighted by Crippen LogP contribution is 2.28. The number of ether oxygens (including phenoxy) is 1. The number of imidazole rings is 1. The van der Waals surface area contributed by atoms with Crippen molar-refractivity contribution in [2.75, 3.05) is 25.0 Å². The number of nitrogens with one attached hydrogen (secondary N) is 1. The van der Waals surface area contributed by atoms with Gasteiger partial charge in [-0.25, -0.2) is 9.97 Å². The van der Waals surface area contributed by atoms with Crippen molar-refractivity contribution in [2.24, 2.45) is 5.73 Å². The molecule has 132 valence electrons. The van der Waals surface area contributed by atoms with E-state index < -0.39 is 0 Å². The van der Waals surface area contributed by atoms with E-state index in [-0.39, 0.29) is 0 Å². The second-order valence-corrected chi connectivity index (χ2v) is 5.95. The Morgan fingerprint density at radius 2 is 2.00 bits per heavy atom. The third kappa shape index (κ3) is 2.95. The molecule has 0 atom stereocenters. The summed E-state index contributed by atoms with van der Waals surface area (Å²) in [5, 5.41) is 3.28. The molecule has 6 heteroatoms. The zero-order chi connectivity index (χ0) is 17.9. The van der Waals surface area contributed by atoms with E-state index in [0.29, 0.717) is 19.7 Å². The highest BCUT2D eigenvalue weighted by atomic mass is 16.5. The van der Waals surface area contributed by atoms with Gasteiger partial charge < -0.3 is 15.8 Å². The first-order chi connectivity index (χ1) is 12.8. The van der Waals surface area contributed by atoms with Crippen molar-refractivity contribution in [1.82, 2.24) is 14.4 Å². The Hall–Kier alpha value is -3.12. The number of benzene rings is 2. The molecular weight excluding hydrogens is 326 g/mol. The van der Waals surface area contributed by atoms with Crippen LogP contribution in [0.25, 0.3) is 27.9 Å². The highest BCUT2D eigenvalue weighted by molar-refractivity contribution is 5.84. The van der Waals surface area contributed by atoms with E-state index in [1.165, 1.54) is 0 Å². The quantitative estimate of drug-likeness (QED) is 0.559. The van der Waals surface area contributed by atoms with Crippen molar-refractivity contribution < 1.29 is 4.74 Å². The van der Waals surface area contributed by atoms with Crippen LogP contribution in [0.5, 0.6) is 5.75 Å². The lowest BCUT2D eigenvalue weighted by Gasteiger charge is -2.08. The molecule has 0 aliphatic heterocycles. The Balaban J connectivity index is 1.90. The number of aromatic nitrogens is 3. The zero-order valence-corrected chi connectivity index (χ0v) is 14.6. The minimum atomic E-state index is 0.532. The number of para-hydroxylation sites is 2. The van der Waals surface area contributed by atoms with Crippen molar-refractivity contribution >= 4 is 22.5 Å². The molecule has 2 aromatic heterocycles. The molecule has 0 bridgehead atoms. The fraction of sp³-hybridized carbons (Fsp3) is 0.200. The fourth-order valence-electron chi connectivity index (χ4n) is 3.02. The smallest absolute Gasteiger partial charge is 0.181 e. The number of hydrogen-bond donors (Lipinski definition) is 2. The van der Waals surface area contributed by atoms with Gasteiger partial charge in [-0.2, -0.15) is 0 Å². The van der Waals surface area contributed by atoms with Crippen molar-refractivity contribution in [2.45, 2.75) is 6.92 Å². The molecule has 6 nitrogen and oxygen atoms in total. The molecule has 0 amide bonds. The van der Waals surface area contributed by atoms with Crippen LogP contribution in [0.2, 0.25) is 0 Å². The monoisotopic (exact) mass is 347 g/mol. The maximum absolute atomic E-state index is 5.64. The normalized spacial score (nSPS) is 11.2. The number of anilines is 1. The summed E-state index contributed by atoms with van der Waals surface area (Å²) in [6.45, 7) is 3.79. The van der Waals surface area contributed by atoms with Gasteiger partial charge in [0.15, 0.2) is 11.5 Å². The van der Waals surface area contributed by atoms with Gasteiger partial charge in [-0.15, -0.1) is 0 Å². The highest BCUT2D eigenvalue weighted by Gasteiger charge is 2.13. The van der Waals surface area contributed by atoms with Gasteiger partial charge in [0.1, 0.15) is 5.75 Å². The zero-order valence-electron chi connectivity index (χ0n) is 14.6. The van der Waals surface area contributed by atoms with Crippen molar-refractivity contribution in [3.05, 3.63) is 54.7 Å². The van der Waals surface area contributed by atoms with Crippen LogP contribution >= 0.6 is 0 Å². The minimum absolute atomic E-state index is 0.532. The van der Waals surface area contributed by atoms with Crippen LogP contribution in [-0.4, -0.2) is 34.1 Å². The molecule has 26 heavy (non-hydrogen) atoms. The van der Waals surface area contributed by atoms with Gasteiger partial charge in [-0.3, -0.25) is 4.40 Å². The fourth-order valence-corrected chi connectivity index (χ4v) is 3.02. The largest absolute Gasteiger partial charge is 0.494 e. The molecule has 0 aliphatic carbocycles. The molecule has 0 spiro atoms.